The summed E-state index contributed by atoms with van der Waals surface area (Å²) >= 11 is 0. The summed E-state index contributed by atoms with van der Waals surface area (Å²) in [6.07, 6.45) is 4.98. The van der Waals surface area contributed by atoms with Crippen LogP contribution in [-0.4, -0.2) is 17.0 Å². The van der Waals surface area contributed by atoms with Gasteiger partial charge in [0.25, 0.3) is 0 Å². The van der Waals surface area contributed by atoms with Crippen LogP contribution >= 0.6 is 0 Å². The van der Waals surface area contributed by atoms with E-state index in [0.717, 1.165) is 17.1 Å². The van der Waals surface area contributed by atoms with Gasteiger partial charge in [-0.15, -0.1) is 0 Å². The van der Waals surface area contributed by atoms with Gasteiger partial charge in [-0.1, -0.05) is 6.07 Å². The highest BCUT2D eigenvalue weighted by molar-refractivity contribution is 5.63. The Kier molecular flexibility index (Phi) is 2.78. The van der Waals surface area contributed by atoms with E-state index >= 15 is 0 Å². The Labute approximate surface area is 88.4 Å². The van der Waals surface area contributed by atoms with Crippen LogP contribution in [-0.2, 0) is 0 Å². The smallest absolute Gasteiger partial charge is 0.115 e. The second kappa shape index (κ2) is 4.41. The van der Waals surface area contributed by atoms with Crippen molar-refractivity contribution in [1.29, 1.82) is 0 Å². The van der Waals surface area contributed by atoms with Gasteiger partial charge in [-0.3, -0.25) is 0 Å². The summed E-state index contributed by atoms with van der Waals surface area (Å²) in [7, 11) is 1.89. The number of aromatic nitrogens is 2. The Morgan fingerprint density at radius 2 is 1.73 bits per heavy atom. The molecule has 0 aliphatic rings. The number of nitrogens with zero attached hydrogens (tertiary/aromatic N) is 2. The zero-order valence-electron chi connectivity index (χ0n) is 8.44. The molecule has 1 aromatic carbocycles. The number of hydrogen-bond acceptors (Lipinski definition) is 4. The molecular weight excluding hydrogens is 188 g/mol. The fourth-order valence-corrected chi connectivity index (χ4v) is 1.28. The van der Waals surface area contributed by atoms with Gasteiger partial charge in [0, 0.05) is 18.4 Å². The molecule has 1 heterocycles. The molecular formula is C11H12N4. The first-order chi connectivity index (χ1) is 7.38. The van der Waals surface area contributed by atoms with E-state index < -0.39 is 0 Å². The molecule has 2 rings (SSSR count). The quantitative estimate of drug-likeness (QED) is 0.798. The third kappa shape index (κ3) is 2.43. The van der Waals surface area contributed by atoms with E-state index in [4.69, 9.17) is 0 Å². The van der Waals surface area contributed by atoms with Crippen molar-refractivity contribution >= 4 is 17.1 Å². The van der Waals surface area contributed by atoms with Crippen LogP contribution in [0.5, 0.6) is 0 Å². The van der Waals surface area contributed by atoms with Crippen molar-refractivity contribution in [2.75, 3.05) is 17.7 Å². The molecule has 0 aliphatic carbocycles. The predicted octanol–water partition coefficient (Wildman–Crippen LogP) is 2.26. The molecule has 0 spiro atoms. The first kappa shape index (κ1) is 9.45. The molecule has 2 N–H and O–H groups in total. The fourth-order valence-electron chi connectivity index (χ4n) is 1.28. The highest BCUT2D eigenvalue weighted by atomic mass is 14.9. The standard InChI is InChI=1S/C11H12N4/c1-12-9-3-2-4-10(5-9)15-11-6-13-8-14-7-11/h2-8,12,15H,1H3. The van der Waals surface area contributed by atoms with E-state index in [1.54, 1.807) is 12.4 Å². The summed E-state index contributed by atoms with van der Waals surface area (Å²) in [5, 5.41) is 6.30. The van der Waals surface area contributed by atoms with Crippen LogP contribution in [0, 0.1) is 0 Å². The van der Waals surface area contributed by atoms with Crippen molar-refractivity contribution in [3.05, 3.63) is 43.0 Å². The number of anilines is 3. The van der Waals surface area contributed by atoms with Crippen LogP contribution in [0.2, 0.25) is 0 Å². The molecule has 0 aliphatic heterocycles. The second-order valence-electron chi connectivity index (χ2n) is 3.08. The van der Waals surface area contributed by atoms with Gasteiger partial charge >= 0.3 is 0 Å². The first-order valence-electron chi connectivity index (χ1n) is 4.68. The molecule has 0 fully saturated rings. The van der Waals surface area contributed by atoms with E-state index in [2.05, 4.69) is 20.6 Å². The lowest BCUT2D eigenvalue weighted by Crippen LogP contribution is -1.93. The molecule has 0 saturated carbocycles. The molecule has 2 aromatic rings. The van der Waals surface area contributed by atoms with Crippen LogP contribution in [0.15, 0.2) is 43.0 Å². The molecule has 76 valence electrons. The number of rotatable bonds is 3. The first-order valence-corrected chi connectivity index (χ1v) is 4.68. The van der Waals surface area contributed by atoms with Crippen molar-refractivity contribution in [3.63, 3.8) is 0 Å². The molecule has 4 heteroatoms. The maximum absolute atomic E-state index is 3.93. The predicted molar refractivity (Wildman–Crippen MR) is 61.3 cm³/mol. The highest BCUT2D eigenvalue weighted by Gasteiger charge is 1.95. The van der Waals surface area contributed by atoms with Gasteiger partial charge in [-0.25, -0.2) is 9.97 Å². The summed E-state index contributed by atoms with van der Waals surface area (Å²) in [4.78, 5) is 7.87. The number of nitrogens with one attached hydrogen (secondary N) is 2. The Hall–Kier alpha value is -2.10. The SMILES string of the molecule is CNc1cccc(Nc2cncnc2)c1. The van der Waals surface area contributed by atoms with Gasteiger partial charge in [0.05, 0.1) is 18.1 Å². The maximum Gasteiger partial charge on any atom is 0.115 e. The minimum absolute atomic E-state index is 0.880. The molecule has 1 aromatic heterocycles. The third-order valence-electron chi connectivity index (χ3n) is 2.00. The van der Waals surface area contributed by atoms with Crippen LogP contribution in [0.3, 0.4) is 0 Å². The molecule has 0 bridgehead atoms. The molecule has 15 heavy (non-hydrogen) atoms. The third-order valence-corrected chi connectivity index (χ3v) is 2.00. The zero-order valence-corrected chi connectivity index (χ0v) is 8.44. The zero-order chi connectivity index (χ0) is 10.5. The van der Waals surface area contributed by atoms with E-state index in [1.165, 1.54) is 6.33 Å². The van der Waals surface area contributed by atoms with Crippen LogP contribution in [0.1, 0.15) is 0 Å². The van der Waals surface area contributed by atoms with E-state index in [-0.39, 0.29) is 0 Å². The Morgan fingerprint density at radius 1 is 1.00 bits per heavy atom. The minimum atomic E-state index is 0.880. The lowest BCUT2D eigenvalue weighted by atomic mass is 10.2. The number of hydrogen-bond donors (Lipinski definition) is 2. The van der Waals surface area contributed by atoms with Crippen molar-refractivity contribution in [3.8, 4) is 0 Å². The minimum Gasteiger partial charge on any atom is -0.388 e. The van der Waals surface area contributed by atoms with Crippen LogP contribution < -0.4 is 10.6 Å². The summed E-state index contributed by atoms with van der Waals surface area (Å²) in [5.74, 6) is 0. The molecule has 4 nitrogen and oxygen atoms in total. The van der Waals surface area contributed by atoms with Crippen molar-refractivity contribution in [2.24, 2.45) is 0 Å². The number of benzene rings is 1. The molecule has 0 radical (unpaired) electrons. The Balaban J connectivity index is 2.17. The lowest BCUT2D eigenvalue weighted by Gasteiger charge is -2.06. The molecule has 0 atom stereocenters. The second-order valence-corrected chi connectivity index (χ2v) is 3.08. The molecule has 0 amide bonds. The summed E-state index contributed by atoms with van der Waals surface area (Å²) in [5.41, 5.74) is 2.96. The largest absolute Gasteiger partial charge is 0.388 e. The van der Waals surface area contributed by atoms with Gasteiger partial charge in [0.1, 0.15) is 6.33 Å². The topological polar surface area (TPSA) is 49.8 Å². The van der Waals surface area contributed by atoms with Crippen LogP contribution in [0.4, 0.5) is 17.1 Å². The van der Waals surface area contributed by atoms with Gasteiger partial charge in [0.15, 0.2) is 0 Å². The molecule has 0 unspecified atom stereocenters. The average Bonchev–Trinajstić information content (AvgIpc) is 2.31. The maximum atomic E-state index is 3.93. The van der Waals surface area contributed by atoms with Crippen LogP contribution in [0.25, 0.3) is 0 Å². The van der Waals surface area contributed by atoms with Crippen molar-refractivity contribution < 1.29 is 0 Å². The summed E-state index contributed by atoms with van der Waals surface area (Å²) in [6.45, 7) is 0. The summed E-state index contributed by atoms with van der Waals surface area (Å²) < 4.78 is 0. The van der Waals surface area contributed by atoms with Crippen molar-refractivity contribution in [2.45, 2.75) is 0 Å². The van der Waals surface area contributed by atoms with Gasteiger partial charge in [0.2, 0.25) is 0 Å². The fraction of sp³-hybridized carbons (Fsp3) is 0.0909. The summed E-state index contributed by atoms with van der Waals surface area (Å²) in [6, 6.07) is 8.01. The normalized spacial score (nSPS) is 9.67. The Morgan fingerprint density at radius 3 is 2.47 bits per heavy atom. The Bertz CT molecular complexity index is 428. The highest BCUT2D eigenvalue weighted by Crippen LogP contribution is 2.18. The monoisotopic (exact) mass is 200 g/mol. The van der Waals surface area contributed by atoms with Gasteiger partial charge in [-0.05, 0) is 18.2 Å². The van der Waals surface area contributed by atoms with E-state index in [9.17, 15) is 0 Å². The van der Waals surface area contributed by atoms with E-state index in [0.29, 0.717) is 0 Å². The lowest BCUT2D eigenvalue weighted by molar-refractivity contribution is 1.17. The van der Waals surface area contributed by atoms with E-state index in [1.807, 2.05) is 31.3 Å². The molecule has 0 saturated heterocycles. The van der Waals surface area contributed by atoms with Crippen molar-refractivity contribution in [1.82, 2.24) is 9.97 Å². The average molecular weight is 200 g/mol. The van der Waals surface area contributed by atoms with Gasteiger partial charge < -0.3 is 10.6 Å². The van der Waals surface area contributed by atoms with Gasteiger partial charge in [-0.2, -0.15) is 0 Å².